The fraction of sp³-hybridized carbons (Fsp3) is 0.333. The number of thioether (sulfide) groups is 1. The molecule has 174 valence electrons. The van der Waals surface area contributed by atoms with Gasteiger partial charge in [-0.1, -0.05) is 24.3 Å². The zero-order valence-corrected chi connectivity index (χ0v) is 19.7. The molecule has 6 rings (SSSR count). The SMILES string of the molecule is O=C(Nc1ccc2c(c1)OCO2)C1CCN(C(=O)CSc2ccc3c4c(cccc24)CC3)CC1. The number of piperidine rings is 1. The molecule has 1 aliphatic carbocycles. The number of anilines is 1. The van der Waals surface area contributed by atoms with Gasteiger partial charge in [0.15, 0.2) is 11.5 Å². The molecule has 6 nitrogen and oxygen atoms in total. The molecule has 3 aliphatic rings. The van der Waals surface area contributed by atoms with E-state index in [0.29, 0.717) is 48.9 Å². The number of aryl methyl sites for hydroxylation is 2. The number of nitrogens with one attached hydrogen (secondary N) is 1. The van der Waals surface area contributed by atoms with Crippen molar-refractivity contribution in [1.29, 1.82) is 0 Å². The van der Waals surface area contributed by atoms with Crippen LogP contribution < -0.4 is 14.8 Å². The van der Waals surface area contributed by atoms with Gasteiger partial charge >= 0.3 is 0 Å². The number of rotatable bonds is 5. The first-order valence-corrected chi connectivity index (χ1v) is 12.8. The smallest absolute Gasteiger partial charge is 0.232 e. The minimum Gasteiger partial charge on any atom is -0.454 e. The summed E-state index contributed by atoms with van der Waals surface area (Å²) in [5, 5.41) is 5.63. The van der Waals surface area contributed by atoms with E-state index in [1.54, 1.807) is 23.9 Å². The minimum absolute atomic E-state index is 0.00627. The largest absolute Gasteiger partial charge is 0.454 e. The fourth-order valence-electron chi connectivity index (χ4n) is 5.19. The summed E-state index contributed by atoms with van der Waals surface area (Å²) < 4.78 is 10.7. The summed E-state index contributed by atoms with van der Waals surface area (Å²) in [5.41, 5.74) is 3.54. The summed E-state index contributed by atoms with van der Waals surface area (Å²) in [6, 6.07) is 16.3. The third-order valence-electron chi connectivity index (χ3n) is 7.05. The van der Waals surface area contributed by atoms with E-state index in [4.69, 9.17) is 9.47 Å². The van der Waals surface area contributed by atoms with E-state index < -0.39 is 0 Å². The molecule has 2 heterocycles. The minimum atomic E-state index is -0.0985. The molecule has 0 aromatic heterocycles. The van der Waals surface area contributed by atoms with E-state index in [1.165, 1.54) is 26.8 Å². The van der Waals surface area contributed by atoms with Crippen LogP contribution in [0.1, 0.15) is 24.0 Å². The summed E-state index contributed by atoms with van der Waals surface area (Å²) >= 11 is 1.62. The molecule has 3 aromatic rings. The molecule has 0 unspecified atom stereocenters. The summed E-state index contributed by atoms with van der Waals surface area (Å²) in [7, 11) is 0. The van der Waals surface area contributed by atoms with Crippen molar-refractivity contribution >= 4 is 40.0 Å². The zero-order valence-electron chi connectivity index (χ0n) is 18.8. The van der Waals surface area contributed by atoms with E-state index in [0.717, 1.165) is 12.8 Å². The molecule has 0 bridgehead atoms. The number of carbonyl (C=O) groups excluding carboxylic acids is 2. The van der Waals surface area contributed by atoms with Crippen molar-refractivity contribution < 1.29 is 19.1 Å². The number of fused-ring (bicyclic) bond motifs is 1. The highest BCUT2D eigenvalue weighted by atomic mass is 32.2. The van der Waals surface area contributed by atoms with Gasteiger partial charge in [-0.05, 0) is 65.8 Å². The number of hydrogen-bond acceptors (Lipinski definition) is 5. The molecule has 1 saturated heterocycles. The molecular formula is C27H26N2O4S. The molecule has 7 heteroatoms. The average Bonchev–Trinajstić information content (AvgIpc) is 3.51. The van der Waals surface area contributed by atoms with Crippen LogP contribution in [-0.2, 0) is 22.4 Å². The van der Waals surface area contributed by atoms with Crippen LogP contribution in [0.15, 0.2) is 53.4 Å². The molecule has 2 amide bonds. The van der Waals surface area contributed by atoms with Gasteiger partial charge in [0, 0.05) is 35.7 Å². The van der Waals surface area contributed by atoms with Crippen LogP contribution in [0.25, 0.3) is 10.8 Å². The predicted octanol–water partition coefficient (Wildman–Crippen LogP) is 4.64. The maximum absolute atomic E-state index is 12.9. The van der Waals surface area contributed by atoms with E-state index in [-0.39, 0.29) is 24.5 Å². The lowest BCUT2D eigenvalue weighted by Gasteiger charge is -2.31. The Kier molecular flexibility index (Phi) is 5.57. The number of carbonyl (C=O) groups is 2. The molecule has 0 spiro atoms. The van der Waals surface area contributed by atoms with E-state index in [1.807, 2.05) is 11.0 Å². The van der Waals surface area contributed by atoms with E-state index >= 15 is 0 Å². The molecule has 0 saturated carbocycles. The summed E-state index contributed by atoms with van der Waals surface area (Å²) in [5.74, 6) is 1.80. The van der Waals surface area contributed by atoms with Crippen LogP contribution in [0.5, 0.6) is 11.5 Å². The molecule has 0 radical (unpaired) electrons. The summed E-state index contributed by atoms with van der Waals surface area (Å²) in [4.78, 5) is 28.7. The first-order valence-electron chi connectivity index (χ1n) is 11.8. The Hall–Kier alpha value is -3.19. The second kappa shape index (κ2) is 8.87. The lowest BCUT2D eigenvalue weighted by atomic mass is 9.96. The standard InChI is InChI=1S/C27H26N2O4S/c30-25(15-34-24-9-6-18-5-4-17-2-1-3-21(24)26(17)18)29-12-10-19(11-13-29)27(31)28-20-7-8-22-23(14-20)33-16-32-22/h1-3,6-9,14,19H,4-5,10-13,15-16H2,(H,28,31). The Morgan fingerprint density at radius 2 is 1.76 bits per heavy atom. The first kappa shape index (κ1) is 21.4. The van der Waals surface area contributed by atoms with Crippen molar-refractivity contribution in [3.05, 3.63) is 59.7 Å². The average molecular weight is 475 g/mol. The van der Waals surface area contributed by atoms with Crippen LogP contribution in [0, 0.1) is 5.92 Å². The zero-order chi connectivity index (χ0) is 23.1. The van der Waals surface area contributed by atoms with Crippen LogP contribution in [-0.4, -0.2) is 42.3 Å². The van der Waals surface area contributed by atoms with Gasteiger partial charge in [0.2, 0.25) is 18.6 Å². The normalized spacial score (nSPS) is 16.8. The quantitative estimate of drug-likeness (QED) is 0.546. The van der Waals surface area contributed by atoms with Crippen molar-refractivity contribution in [1.82, 2.24) is 4.90 Å². The number of likely N-dealkylation sites (tertiary alicyclic amines) is 1. The maximum Gasteiger partial charge on any atom is 0.232 e. The van der Waals surface area contributed by atoms with Crippen molar-refractivity contribution in [2.45, 2.75) is 30.6 Å². The highest BCUT2D eigenvalue weighted by Crippen LogP contribution is 2.37. The molecule has 1 fully saturated rings. The van der Waals surface area contributed by atoms with Gasteiger partial charge < -0.3 is 19.7 Å². The maximum atomic E-state index is 12.9. The number of benzene rings is 3. The number of nitrogens with zero attached hydrogens (tertiary/aromatic N) is 1. The predicted molar refractivity (Wildman–Crippen MR) is 133 cm³/mol. The molecule has 1 N–H and O–H groups in total. The number of hydrogen-bond donors (Lipinski definition) is 1. The van der Waals surface area contributed by atoms with Crippen molar-refractivity contribution in [3.8, 4) is 11.5 Å². The Morgan fingerprint density at radius 3 is 2.62 bits per heavy atom. The van der Waals surface area contributed by atoms with E-state index in [2.05, 4.69) is 35.6 Å². The lowest BCUT2D eigenvalue weighted by molar-refractivity contribution is -0.132. The van der Waals surface area contributed by atoms with Crippen molar-refractivity contribution in [2.75, 3.05) is 31.0 Å². The summed E-state index contributed by atoms with van der Waals surface area (Å²) in [6.45, 7) is 1.44. The second-order valence-electron chi connectivity index (χ2n) is 9.06. The van der Waals surface area contributed by atoms with Gasteiger partial charge in [-0.15, -0.1) is 11.8 Å². The van der Waals surface area contributed by atoms with Crippen LogP contribution in [0.3, 0.4) is 0 Å². The Labute approximate surface area is 202 Å². The highest BCUT2D eigenvalue weighted by molar-refractivity contribution is 8.00. The third-order valence-corrected chi connectivity index (χ3v) is 8.10. The highest BCUT2D eigenvalue weighted by Gasteiger charge is 2.28. The van der Waals surface area contributed by atoms with Crippen molar-refractivity contribution in [3.63, 3.8) is 0 Å². The molecule has 34 heavy (non-hydrogen) atoms. The van der Waals surface area contributed by atoms with Crippen LogP contribution in [0.4, 0.5) is 5.69 Å². The third kappa shape index (κ3) is 3.98. The first-order chi connectivity index (χ1) is 16.7. The van der Waals surface area contributed by atoms with Crippen molar-refractivity contribution in [2.24, 2.45) is 5.92 Å². The Balaban J connectivity index is 1.03. The Morgan fingerprint density at radius 1 is 0.971 bits per heavy atom. The van der Waals surface area contributed by atoms with Crippen LogP contribution >= 0.6 is 11.8 Å². The lowest BCUT2D eigenvalue weighted by Crippen LogP contribution is -2.42. The van der Waals surface area contributed by atoms with Gasteiger partial charge in [-0.25, -0.2) is 0 Å². The second-order valence-corrected chi connectivity index (χ2v) is 10.1. The topological polar surface area (TPSA) is 67.9 Å². The number of amides is 2. The van der Waals surface area contributed by atoms with Gasteiger partial charge in [0.05, 0.1) is 5.75 Å². The van der Waals surface area contributed by atoms with Gasteiger partial charge in [0.1, 0.15) is 0 Å². The summed E-state index contributed by atoms with van der Waals surface area (Å²) in [6.07, 6.45) is 3.56. The Bertz CT molecular complexity index is 1270. The molecule has 0 atom stereocenters. The van der Waals surface area contributed by atoms with Gasteiger partial charge in [-0.3, -0.25) is 9.59 Å². The monoisotopic (exact) mass is 474 g/mol. The number of ether oxygens (including phenoxy) is 2. The molecular weight excluding hydrogens is 448 g/mol. The van der Waals surface area contributed by atoms with E-state index in [9.17, 15) is 9.59 Å². The van der Waals surface area contributed by atoms with Gasteiger partial charge in [0.25, 0.3) is 0 Å². The fourth-order valence-corrected chi connectivity index (χ4v) is 6.14. The molecule has 3 aromatic carbocycles. The molecule has 2 aliphatic heterocycles. The van der Waals surface area contributed by atoms with Gasteiger partial charge in [-0.2, -0.15) is 0 Å². The van der Waals surface area contributed by atoms with Crippen LogP contribution in [0.2, 0.25) is 0 Å².